The van der Waals surface area contributed by atoms with E-state index in [4.69, 9.17) is 4.74 Å². The van der Waals surface area contributed by atoms with Crippen LogP contribution in [0, 0.1) is 0 Å². The van der Waals surface area contributed by atoms with E-state index in [9.17, 15) is 0 Å². The second kappa shape index (κ2) is 7.68. The summed E-state index contributed by atoms with van der Waals surface area (Å²) in [4.78, 5) is 4.61. The minimum atomic E-state index is 0.441. The largest absolute Gasteiger partial charge is 0.374 e. The molecule has 0 saturated heterocycles. The summed E-state index contributed by atoms with van der Waals surface area (Å²) in [6.45, 7) is 6.03. The predicted molar refractivity (Wildman–Crippen MR) is 86.8 cm³/mol. The molecule has 0 radical (unpaired) electrons. The lowest BCUT2D eigenvalue weighted by Gasteiger charge is -2.20. The number of aromatic nitrogens is 6. The molecule has 1 aliphatic carbocycles. The number of ether oxygens (including phenoxy) is 1. The first-order valence-electron chi connectivity index (χ1n) is 8.75. The highest BCUT2D eigenvalue weighted by atomic mass is 16.5. The molecule has 0 unspecified atom stereocenters. The van der Waals surface area contributed by atoms with Crippen LogP contribution in [-0.2, 0) is 17.9 Å². The Morgan fingerprint density at radius 3 is 2.78 bits per heavy atom. The van der Waals surface area contributed by atoms with E-state index in [0.29, 0.717) is 25.1 Å². The summed E-state index contributed by atoms with van der Waals surface area (Å²) in [6, 6.07) is 0.482. The van der Waals surface area contributed by atoms with Crippen LogP contribution >= 0.6 is 0 Å². The Bertz CT molecular complexity index is 614. The molecule has 1 fully saturated rings. The fraction of sp³-hybridized carbons (Fsp3) is 0.750. The first-order valence-corrected chi connectivity index (χ1v) is 8.75. The average Bonchev–Trinajstić information content (AvgIpc) is 3.21. The molecule has 0 amide bonds. The van der Waals surface area contributed by atoms with Gasteiger partial charge < -0.3 is 4.74 Å². The molecule has 1 saturated carbocycles. The highest BCUT2D eigenvalue weighted by Crippen LogP contribution is 2.28. The molecule has 23 heavy (non-hydrogen) atoms. The molecular weight excluding hydrogens is 292 g/mol. The fourth-order valence-electron chi connectivity index (χ4n) is 3.10. The average molecular weight is 318 g/mol. The van der Waals surface area contributed by atoms with Crippen molar-refractivity contribution in [2.45, 2.75) is 71.6 Å². The van der Waals surface area contributed by atoms with Crippen LogP contribution in [0.3, 0.4) is 0 Å². The Morgan fingerprint density at radius 2 is 2.04 bits per heavy atom. The molecule has 0 atom stereocenters. The highest BCUT2D eigenvalue weighted by molar-refractivity contribution is 5.47. The third-order valence-electron chi connectivity index (χ3n) is 4.27. The van der Waals surface area contributed by atoms with Crippen molar-refractivity contribution < 1.29 is 4.74 Å². The molecule has 126 valence electrons. The third-order valence-corrected chi connectivity index (χ3v) is 4.27. The minimum absolute atomic E-state index is 0.441. The van der Waals surface area contributed by atoms with Crippen LogP contribution in [0.25, 0.3) is 11.5 Å². The number of aryl methyl sites for hydroxylation is 1. The maximum absolute atomic E-state index is 5.42. The van der Waals surface area contributed by atoms with Gasteiger partial charge in [0.1, 0.15) is 12.3 Å². The topological polar surface area (TPSA) is 70.7 Å². The lowest BCUT2D eigenvalue weighted by atomic mass is 9.96. The first kappa shape index (κ1) is 16.1. The third kappa shape index (κ3) is 3.77. The summed E-state index contributed by atoms with van der Waals surface area (Å²) in [6.07, 6.45) is 9.32. The van der Waals surface area contributed by atoms with Crippen molar-refractivity contribution in [2.75, 3.05) is 6.61 Å². The molecule has 2 heterocycles. The van der Waals surface area contributed by atoms with Crippen molar-refractivity contribution in [2.24, 2.45) is 0 Å². The molecule has 2 aromatic heterocycles. The Hall–Kier alpha value is -1.76. The van der Waals surface area contributed by atoms with Crippen LogP contribution in [0.4, 0.5) is 0 Å². The molecule has 0 N–H and O–H groups in total. The number of nitrogens with zero attached hydrogens (tertiary/aromatic N) is 6. The van der Waals surface area contributed by atoms with E-state index >= 15 is 0 Å². The molecule has 0 aromatic carbocycles. The second-order valence-electron chi connectivity index (χ2n) is 6.09. The van der Waals surface area contributed by atoms with E-state index in [1.54, 1.807) is 0 Å². The number of hydrogen-bond acceptors (Lipinski definition) is 5. The van der Waals surface area contributed by atoms with Gasteiger partial charge in [-0.15, -0.1) is 5.10 Å². The van der Waals surface area contributed by atoms with Gasteiger partial charge in [-0.05, 0) is 26.2 Å². The lowest BCUT2D eigenvalue weighted by Crippen LogP contribution is -2.13. The van der Waals surface area contributed by atoms with E-state index in [-0.39, 0.29) is 0 Å². The van der Waals surface area contributed by atoms with E-state index < -0.39 is 0 Å². The van der Waals surface area contributed by atoms with Gasteiger partial charge in [0.25, 0.3) is 0 Å². The van der Waals surface area contributed by atoms with Crippen molar-refractivity contribution in [3.05, 3.63) is 12.0 Å². The van der Waals surface area contributed by atoms with E-state index in [1.165, 1.54) is 32.1 Å². The van der Waals surface area contributed by atoms with Crippen molar-refractivity contribution in [3.8, 4) is 11.5 Å². The number of hydrogen-bond donors (Lipinski definition) is 0. The Kier molecular flexibility index (Phi) is 5.38. The van der Waals surface area contributed by atoms with Crippen molar-refractivity contribution >= 4 is 0 Å². The molecule has 2 aromatic rings. The van der Waals surface area contributed by atoms with Gasteiger partial charge in [0.2, 0.25) is 0 Å². The van der Waals surface area contributed by atoms with Gasteiger partial charge in [0.05, 0.1) is 12.2 Å². The van der Waals surface area contributed by atoms with Crippen LogP contribution in [-0.4, -0.2) is 36.4 Å². The van der Waals surface area contributed by atoms with E-state index in [2.05, 4.69) is 27.3 Å². The second-order valence-corrected chi connectivity index (χ2v) is 6.09. The predicted octanol–water partition coefficient (Wildman–Crippen LogP) is 2.99. The monoisotopic (exact) mass is 318 g/mol. The molecule has 0 spiro atoms. The van der Waals surface area contributed by atoms with Gasteiger partial charge >= 0.3 is 0 Å². The van der Waals surface area contributed by atoms with Gasteiger partial charge in [0.15, 0.2) is 11.6 Å². The summed E-state index contributed by atoms with van der Waals surface area (Å²) >= 11 is 0. The Balaban J connectivity index is 1.82. The standard InChI is InChI=1S/C16H26N6O/c1-3-10-21-16(17-15(19-21)12-23-4-2)14-11-22(20-18-14)13-8-6-5-7-9-13/h11,13H,3-10,12H2,1-2H3. The van der Waals surface area contributed by atoms with Gasteiger partial charge in [-0.3, -0.25) is 0 Å². The number of rotatable bonds is 7. The van der Waals surface area contributed by atoms with Gasteiger partial charge in [0, 0.05) is 13.2 Å². The lowest BCUT2D eigenvalue weighted by molar-refractivity contribution is 0.128. The van der Waals surface area contributed by atoms with Crippen LogP contribution in [0.15, 0.2) is 6.20 Å². The van der Waals surface area contributed by atoms with E-state index in [0.717, 1.165) is 24.5 Å². The summed E-state index contributed by atoms with van der Waals surface area (Å²) in [5, 5.41) is 13.2. The Morgan fingerprint density at radius 1 is 1.22 bits per heavy atom. The fourth-order valence-corrected chi connectivity index (χ4v) is 3.10. The van der Waals surface area contributed by atoms with Crippen LogP contribution in [0.5, 0.6) is 0 Å². The normalized spacial score (nSPS) is 16.1. The summed E-state index contributed by atoms with van der Waals surface area (Å²) in [5.41, 5.74) is 0.805. The maximum Gasteiger partial charge on any atom is 0.180 e. The zero-order valence-corrected chi connectivity index (χ0v) is 14.1. The van der Waals surface area contributed by atoms with Gasteiger partial charge in [-0.2, -0.15) is 5.10 Å². The van der Waals surface area contributed by atoms with E-state index in [1.807, 2.05) is 22.5 Å². The molecule has 0 bridgehead atoms. The summed E-state index contributed by atoms with van der Waals surface area (Å²) < 4.78 is 9.36. The molecule has 3 rings (SSSR count). The first-order chi connectivity index (χ1) is 11.3. The molecular formula is C16H26N6O. The molecule has 7 heteroatoms. The quantitative estimate of drug-likeness (QED) is 0.785. The summed E-state index contributed by atoms with van der Waals surface area (Å²) in [7, 11) is 0. The minimum Gasteiger partial charge on any atom is -0.374 e. The van der Waals surface area contributed by atoms with Crippen molar-refractivity contribution in [1.82, 2.24) is 29.8 Å². The molecule has 7 nitrogen and oxygen atoms in total. The van der Waals surface area contributed by atoms with Crippen molar-refractivity contribution in [1.29, 1.82) is 0 Å². The smallest absolute Gasteiger partial charge is 0.180 e. The maximum atomic E-state index is 5.42. The Labute approximate surface area is 137 Å². The summed E-state index contributed by atoms with van der Waals surface area (Å²) in [5.74, 6) is 1.51. The SMILES string of the molecule is CCCn1nc(COCC)nc1-c1cn(C2CCCCC2)nn1. The zero-order chi connectivity index (χ0) is 16.1. The van der Waals surface area contributed by atoms with Crippen LogP contribution in [0.2, 0.25) is 0 Å². The van der Waals surface area contributed by atoms with Crippen LogP contribution in [0.1, 0.15) is 64.2 Å². The highest BCUT2D eigenvalue weighted by Gasteiger charge is 2.20. The van der Waals surface area contributed by atoms with Crippen molar-refractivity contribution in [3.63, 3.8) is 0 Å². The molecule has 1 aliphatic rings. The molecule has 0 aliphatic heterocycles. The van der Waals surface area contributed by atoms with Crippen LogP contribution < -0.4 is 0 Å². The van der Waals surface area contributed by atoms with Gasteiger partial charge in [-0.1, -0.05) is 31.4 Å². The van der Waals surface area contributed by atoms with Gasteiger partial charge in [-0.25, -0.2) is 14.3 Å². The zero-order valence-electron chi connectivity index (χ0n) is 14.1.